The van der Waals surface area contributed by atoms with Crippen LogP contribution in [0.2, 0.25) is 0 Å². The van der Waals surface area contributed by atoms with Crippen LogP contribution in [0.4, 0.5) is 0 Å². The summed E-state index contributed by atoms with van der Waals surface area (Å²) in [5.41, 5.74) is 0. The number of thiophene rings is 1. The van der Waals surface area contributed by atoms with E-state index in [-0.39, 0.29) is 5.97 Å². The van der Waals surface area contributed by atoms with Crippen LogP contribution >= 0.6 is 11.3 Å². The molecule has 0 saturated heterocycles. The van der Waals surface area contributed by atoms with Gasteiger partial charge in [-0.25, -0.2) is 4.79 Å². The van der Waals surface area contributed by atoms with E-state index >= 15 is 0 Å². The van der Waals surface area contributed by atoms with Crippen LogP contribution in [0.15, 0.2) is 29.9 Å². The molecule has 76 valence electrons. The van der Waals surface area contributed by atoms with Gasteiger partial charge < -0.3 is 4.74 Å². The largest absolute Gasteiger partial charge is 0.431 e. The molecule has 0 spiro atoms. The van der Waals surface area contributed by atoms with E-state index < -0.39 is 0 Å². The molecule has 0 saturated carbocycles. The van der Waals surface area contributed by atoms with Crippen LogP contribution in [0.25, 0.3) is 0 Å². The standard InChI is InChI=1S/C11H14O2S/c1-2-3-4-5-8-13-11(12)10-7-6-9-14-10/h5-9H,2-4H2,1H3/b8-5-. The summed E-state index contributed by atoms with van der Waals surface area (Å²) in [5.74, 6) is -0.271. The van der Waals surface area contributed by atoms with Crippen LogP contribution < -0.4 is 0 Å². The van der Waals surface area contributed by atoms with Gasteiger partial charge >= 0.3 is 5.97 Å². The summed E-state index contributed by atoms with van der Waals surface area (Å²) < 4.78 is 4.92. The molecule has 0 unspecified atom stereocenters. The van der Waals surface area contributed by atoms with E-state index in [9.17, 15) is 4.79 Å². The van der Waals surface area contributed by atoms with Gasteiger partial charge in [0.05, 0.1) is 6.26 Å². The molecule has 0 aliphatic heterocycles. The van der Waals surface area contributed by atoms with Crippen molar-refractivity contribution in [1.29, 1.82) is 0 Å². The van der Waals surface area contributed by atoms with Gasteiger partial charge in [-0.2, -0.15) is 0 Å². The number of esters is 1. The summed E-state index contributed by atoms with van der Waals surface area (Å²) in [6.07, 6.45) is 6.62. The molecule has 3 heteroatoms. The molecule has 0 aliphatic rings. The summed E-state index contributed by atoms with van der Waals surface area (Å²) >= 11 is 1.39. The van der Waals surface area contributed by atoms with Crippen molar-refractivity contribution >= 4 is 17.3 Å². The quantitative estimate of drug-likeness (QED) is 0.421. The van der Waals surface area contributed by atoms with Gasteiger partial charge in [0, 0.05) is 0 Å². The fourth-order valence-corrected chi connectivity index (χ4v) is 1.56. The molecular formula is C11H14O2S. The normalized spacial score (nSPS) is 10.6. The second-order valence-electron chi connectivity index (χ2n) is 2.90. The van der Waals surface area contributed by atoms with E-state index in [1.807, 2.05) is 17.5 Å². The predicted molar refractivity (Wildman–Crippen MR) is 58.4 cm³/mol. The van der Waals surface area contributed by atoms with Crippen LogP contribution in [0.1, 0.15) is 35.9 Å². The molecule has 0 bridgehead atoms. The molecule has 1 aromatic heterocycles. The maximum Gasteiger partial charge on any atom is 0.353 e. The molecule has 1 rings (SSSR count). The van der Waals surface area contributed by atoms with Crippen LogP contribution in [-0.4, -0.2) is 5.97 Å². The van der Waals surface area contributed by atoms with Crippen molar-refractivity contribution in [2.45, 2.75) is 26.2 Å². The van der Waals surface area contributed by atoms with Crippen LogP contribution in [0, 0.1) is 0 Å². The van der Waals surface area contributed by atoms with Crippen LogP contribution in [-0.2, 0) is 4.74 Å². The summed E-state index contributed by atoms with van der Waals surface area (Å²) in [6, 6.07) is 3.59. The lowest BCUT2D eigenvalue weighted by atomic mass is 10.2. The summed E-state index contributed by atoms with van der Waals surface area (Å²) in [5, 5.41) is 1.86. The van der Waals surface area contributed by atoms with E-state index in [0.717, 1.165) is 19.3 Å². The third-order valence-corrected chi connectivity index (χ3v) is 2.57. The number of unbranched alkanes of at least 4 members (excludes halogenated alkanes) is 2. The zero-order valence-corrected chi connectivity index (χ0v) is 9.05. The molecule has 0 fully saturated rings. The lowest BCUT2D eigenvalue weighted by molar-refractivity contribution is 0.0667. The Labute approximate surface area is 88.2 Å². The van der Waals surface area contributed by atoms with Crippen LogP contribution in [0.5, 0.6) is 0 Å². The minimum Gasteiger partial charge on any atom is -0.431 e. The highest BCUT2D eigenvalue weighted by atomic mass is 32.1. The van der Waals surface area contributed by atoms with Crippen molar-refractivity contribution in [2.24, 2.45) is 0 Å². The number of carbonyl (C=O) groups is 1. The Morgan fingerprint density at radius 3 is 3.14 bits per heavy atom. The third-order valence-electron chi connectivity index (χ3n) is 1.72. The molecule has 0 amide bonds. The van der Waals surface area contributed by atoms with Crippen LogP contribution in [0.3, 0.4) is 0 Å². The molecule has 2 nitrogen and oxygen atoms in total. The molecule has 0 aliphatic carbocycles. The maximum atomic E-state index is 11.3. The zero-order valence-electron chi connectivity index (χ0n) is 8.23. The first kappa shape index (κ1) is 11.0. The molecule has 0 atom stereocenters. The summed E-state index contributed by atoms with van der Waals surface area (Å²) in [7, 11) is 0. The van der Waals surface area contributed by atoms with Gasteiger partial charge in [0.15, 0.2) is 0 Å². The van der Waals surface area contributed by atoms with E-state index in [0.29, 0.717) is 4.88 Å². The average molecular weight is 210 g/mol. The highest BCUT2D eigenvalue weighted by molar-refractivity contribution is 7.11. The van der Waals surface area contributed by atoms with Crippen molar-refractivity contribution in [3.63, 3.8) is 0 Å². The fourth-order valence-electron chi connectivity index (χ4n) is 0.953. The number of hydrogen-bond acceptors (Lipinski definition) is 3. The minimum absolute atomic E-state index is 0.271. The van der Waals surface area contributed by atoms with E-state index in [1.165, 1.54) is 17.6 Å². The van der Waals surface area contributed by atoms with Gasteiger partial charge in [-0.3, -0.25) is 0 Å². The number of carbonyl (C=O) groups excluding carboxylic acids is 1. The lowest BCUT2D eigenvalue weighted by Gasteiger charge is -1.94. The summed E-state index contributed by atoms with van der Waals surface area (Å²) in [6.45, 7) is 2.13. The number of allylic oxidation sites excluding steroid dienone is 1. The Hall–Kier alpha value is -1.09. The Balaban J connectivity index is 2.25. The van der Waals surface area contributed by atoms with Crippen molar-refractivity contribution < 1.29 is 9.53 Å². The van der Waals surface area contributed by atoms with E-state index in [2.05, 4.69) is 6.92 Å². The zero-order chi connectivity index (χ0) is 10.2. The SMILES string of the molecule is CCCC/C=C\OC(=O)c1cccs1. The Morgan fingerprint density at radius 2 is 2.50 bits per heavy atom. The average Bonchev–Trinajstić information content (AvgIpc) is 2.70. The molecule has 0 aromatic carbocycles. The van der Waals surface area contributed by atoms with Gasteiger partial charge in [-0.15, -0.1) is 11.3 Å². The second-order valence-corrected chi connectivity index (χ2v) is 3.84. The maximum absolute atomic E-state index is 11.3. The van der Waals surface area contributed by atoms with E-state index in [1.54, 1.807) is 6.07 Å². The minimum atomic E-state index is -0.271. The summed E-state index contributed by atoms with van der Waals surface area (Å²) in [4.78, 5) is 11.9. The van der Waals surface area contributed by atoms with Crippen molar-refractivity contribution in [3.8, 4) is 0 Å². The van der Waals surface area contributed by atoms with Crippen molar-refractivity contribution in [1.82, 2.24) is 0 Å². The first-order valence-corrected chi connectivity index (χ1v) is 5.62. The first-order chi connectivity index (χ1) is 6.84. The highest BCUT2D eigenvalue weighted by Gasteiger charge is 2.04. The van der Waals surface area contributed by atoms with Gasteiger partial charge in [-0.05, 0) is 30.4 Å². The lowest BCUT2D eigenvalue weighted by Crippen LogP contribution is -1.96. The number of ether oxygens (including phenoxy) is 1. The van der Waals surface area contributed by atoms with Crippen molar-refractivity contribution in [3.05, 3.63) is 34.7 Å². The molecule has 1 heterocycles. The number of hydrogen-bond donors (Lipinski definition) is 0. The number of rotatable bonds is 5. The third kappa shape index (κ3) is 3.75. The van der Waals surface area contributed by atoms with Gasteiger partial charge in [0.25, 0.3) is 0 Å². The molecule has 0 N–H and O–H groups in total. The molecule has 0 radical (unpaired) electrons. The van der Waals surface area contributed by atoms with Gasteiger partial charge in [0.1, 0.15) is 4.88 Å². The molecule has 1 aromatic rings. The Kier molecular flexibility index (Phi) is 5.00. The van der Waals surface area contributed by atoms with E-state index in [4.69, 9.17) is 4.74 Å². The van der Waals surface area contributed by atoms with Crippen molar-refractivity contribution in [2.75, 3.05) is 0 Å². The Morgan fingerprint density at radius 1 is 1.64 bits per heavy atom. The fraction of sp³-hybridized carbons (Fsp3) is 0.364. The Bertz CT molecular complexity index is 288. The topological polar surface area (TPSA) is 26.3 Å². The van der Waals surface area contributed by atoms with Gasteiger partial charge in [0.2, 0.25) is 0 Å². The second kappa shape index (κ2) is 6.38. The highest BCUT2D eigenvalue weighted by Crippen LogP contribution is 2.10. The van der Waals surface area contributed by atoms with Gasteiger partial charge in [-0.1, -0.05) is 19.4 Å². The molecular weight excluding hydrogens is 196 g/mol. The smallest absolute Gasteiger partial charge is 0.353 e. The predicted octanol–water partition coefficient (Wildman–Crippen LogP) is 3.61. The molecule has 14 heavy (non-hydrogen) atoms. The monoisotopic (exact) mass is 210 g/mol. The first-order valence-electron chi connectivity index (χ1n) is 4.74.